The quantitative estimate of drug-likeness (QED) is 0.154. The number of nitrogens with one attached hydrogen (secondary N) is 2. The van der Waals surface area contributed by atoms with Gasteiger partial charge in [0.05, 0.1) is 0 Å². The summed E-state index contributed by atoms with van der Waals surface area (Å²) in [4.78, 5) is 24.8. The molecule has 1 aliphatic carbocycles. The first-order chi connectivity index (χ1) is 15.7. The SMILES string of the molecule is C=CCCCCCCCCC(=O)N[C@H]1CCCC[C@@H]1NC(=O)CCCCCCCCC=C. The van der Waals surface area contributed by atoms with Crippen LogP contribution in [0.5, 0.6) is 0 Å². The van der Waals surface area contributed by atoms with E-state index in [1.54, 1.807) is 0 Å². The highest BCUT2D eigenvalue weighted by Crippen LogP contribution is 2.19. The fourth-order valence-electron chi connectivity index (χ4n) is 4.60. The lowest BCUT2D eigenvalue weighted by molar-refractivity contribution is -0.125. The summed E-state index contributed by atoms with van der Waals surface area (Å²) in [6.45, 7) is 7.51. The predicted octanol–water partition coefficient (Wildman–Crippen LogP) is 7.14. The van der Waals surface area contributed by atoms with E-state index >= 15 is 0 Å². The number of amides is 2. The average Bonchev–Trinajstić information content (AvgIpc) is 2.78. The molecular weight excluding hydrogens is 396 g/mol. The molecule has 1 aliphatic rings. The lowest BCUT2D eigenvalue weighted by Gasteiger charge is -2.33. The van der Waals surface area contributed by atoms with Crippen molar-refractivity contribution in [2.24, 2.45) is 0 Å². The zero-order chi connectivity index (χ0) is 23.3. The molecule has 2 atom stereocenters. The average molecular weight is 447 g/mol. The van der Waals surface area contributed by atoms with E-state index in [0.29, 0.717) is 12.8 Å². The molecule has 2 amide bonds. The Labute approximate surface area is 198 Å². The first kappa shape index (κ1) is 28.5. The number of carbonyl (C=O) groups excluding carboxylic acids is 2. The van der Waals surface area contributed by atoms with Crippen molar-refractivity contribution in [2.45, 2.75) is 141 Å². The maximum Gasteiger partial charge on any atom is 0.220 e. The summed E-state index contributed by atoms with van der Waals surface area (Å²) < 4.78 is 0. The van der Waals surface area contributed by atoms with E-state index in [0.717, 1.165) is 64.2 Å². The van der Waals surface area contributed by atoms with E-state index in [4.69, 9.17) is 0 Å². The Morgan fingerprint density at radius 2 is 0.938 bits per heavy atom. The molecule has 184 valence electrons. The van der Waals surface area contributed by atoms with Gasteiger partial charge in [0.1, 0.15) is 0 Å². The van der Waals surface area contributed by atoms with Crippen molar-refractivity contribution in [1.29, 1.82) is 0 Å². The van der Waals surface area contributed by atoms with Gasteiger partial charge in [-0.25, -0.2) is 0 Å². The van der Waals surface area contributed by atoms with Crippen molar-refractivity contribution in [2.75, 3.05) is 0 Å². The summed E-state index contributed by atoms with van der Waals surface area (Å²) in [6.07, 6.45) is 25.7. The number of unbranched alkanes of at least 4 members (excludes halogenated alkanes) is 12. The van der Waals surface area contributed by atoms with Gasteiger partial charge in [0.25, 0.3) is 0 Å². The van der Waals surface area contributed by atoms with Gasteiger partial charge in [0.2, 0.25) is 11.8 Å². The number of rotatable bonds is 20. The van der Waals surface area contributed by atoms with Crippen LogP contribution >= 0.6 is 0 Å². The summed E-state index contributed by atoms with van der Waals surface area (Å²) in [5.74, 6) is 0.304. The molecule has 0 aliphatic heterocycles. The van der Waals surface area contributed by atoms with Crippen molar-refractivity contribution in [3.05, 3.63) is 25.3 Å². The Balaban J connectivity index is 2.14. The van der Waals surface area contributed by atoms with Crippen molar-refractivity contribution in [3.63, 3.8) is 0 Å². The Morgan fingerprint density at radius 1 is 0.594 bits per heavy atom. The number of carbonyl (C=O) groups is 2. The molecule has 1 fully saturated rings. The molecule has 0 bridgehead atoms. The lowest BCUT2D eigenvalue weighted by Crippen LogP contribution is -2.53. The van der Waals surface area contributed by atoms with Crippen LogP contribution in [0.2, 0.25) is 0 Å². The molecule has 1 saturated carbocycles. The number of allylic oxidation sites excluding steroid dienone is 2. The summed E-state index contributed by atoms with van der Waals surface area (Å²) in [5.41, 5.74) is 0. The van der Waals surface area contributed by atoms with Crippen LogP contribution < -0.4 is 10.6 Å². The third-order valence-electron chi connectivity index (χ3n) is 6.58. The maximum absolute atomic E-state index is 12.4. The van der Waals surface area contributed by atoms with Crippen molar-refractivity contribution < 1.29 is 9.59 Å². The van der Waals surface area contributed by atoms with Gasteiger partial charge in [-0.3, -0.25) is 9.59 Å². The number of hydrogen-bond donors (Lipinski definition) is 2. The first-order valence-electron chi connectivity index (χ1n) is 13.5. The summed E-state index contributed by atoms with van der Waals surface area (Å²) in [7, 11) is 0. The zero-order valence-electron chi connectivity index (χ0n) is 20.7. The van der Waals surface area contributed by atoms with E-state index in [-0.39, 0.29) is 23.9 Å². The van der Waals surface area contributed by atoms with Gasteiger partial charge in [0, 0.05) is 24.9 Å². The van der Waals surface area contributed by atoms with Crippen molar-refractivity contribution in [3.8, 4) is 0 Å². The van der Waals surface area contributed by atoms with Crippen LogP contribution in [0.3, 0.4) is 0 Å². The first-order valence-corrected chi connectivity index (χ1v) is 13.5. The Morgan fingerprint density at radius 3 is 1.31 bits per heavy atom. The van der Waals surface area contributed by atoms with Gasteiger partial charge in [-0.05, 0) is 51.4 Å². The molecule has 0 unspecified atom stereocenters. The zero-order valence-corrected chi connectivity index (χ0v) is 20.7. The monoisotopic (exact) mass is 446 g/mol. The highest BCUT2D eigenvalue weighted by atomic mass is 16.2. The molecule has 32 heavy (non-hydrogen) atoms. The molecule has 0 radical (unpaired) electrons. The topological polar surface area (TPSA) is 58.2 Å². The fourth-order valence-corrected chi connectivity index (χ4v) is 4.60. The summed E-state index contributed by atoms with van der Waals surface area (Å²) in [5, 5.41) is 6.44. The molecule has 2 N–H and O–H groups in total. The van der Waals surface area contributed by atoms with E-state index in [1.165, 1.54) is 51.4 Å². The van der Waals surface area contributed by atoms with Crippen LogP contribution in [0.1, 0.15) is 128 Å². The van der Waals surface area contributed by atoms with Crippen molar-refractivity contribution in [1.82, 2.24) is 10.6 Å². The van der Waals surface area contributed by atoms with Gasteiger partial charge < -0.3 is 10.6 Å². The molecule has 0 aromatic heterocycles. The van der Waals surface area contributed by atoms with Crippen LogP contribution in [0, 0.1) is 0 Å². The molecule has 0 spiro atoms. The number of hydrogen-bond acceptors (Lipinski definition) is 2. The normalized spacial score (nSPS) is 18.1. The van der Waals surface area contributed by atoms with Crippen LogP contribution in [-0.2, 0) is 9.59 Å². The minimum atomic E-state index is 0.101. The second-order valence-electron chi connectivity index (χ2n) is 9.53. The lowest BCUT2D eigenvalue weighted by atomic mass is 9.90. The molecule has 0 aromatic carbocycles. The van der Waals surface area contributed by atoms with Crippen LogP contribution in [0.25, 0.3) is 0 Å². The van der Waals surface area contributed by atoms with Crippen LogP contribution in [0.4, 0.5) is 0 Å². The van der Waals surface area contributed by atoms with Crippen LogP contribution in [0.15, 0.2) is 25.3 Å². The minimum Gasteiger partial charge on any atom is -0.351 e. The highest BCUT2D eigenvalue weighted by Gasteiger charge is 2.27. The molecule has 0 aromatic rings. The molecule has 4 heteroatoms. The standard InChI is InChI=1S/C28H50N2O2/c1-3-5-7-9-11-13-15-17-23-27(31)29-25-21-19-20-22-26(25)30-28(32)24-18-16-14-12-10-8-6-4-2/h3-4,25-26H,1-2,5-24H2,(H,29,31)(H,30,32)/t25-,26-/m0/s1. The van der Waals surface area contributed by atoms with E-state index in [9.17, 15) is 9.59 Å². The Kier molecular flexibility index (Phi) is 17.8. The van der Waals surface area contributed by atoms with Gasteiger partial charge in [0.15, 0.2) is 0 Å². The molecule has 0 saturated heterocycles. The minimum absolute atomic E-state index is 0.101. The van der Waals surface area contributed by atoms with E-state index in [1.807, 2.05) is 12.2 Å². The van der Waals surface area contributed by atoms with Gasteiger partial charge in [-0.2, -0.15) is 0 Å². The third-order valence-corrected chi connectivity index (χ3v) is 6.58. The maximum atomic E-state index is 12.4. The second-order valence-corrected chi connectivity index (χ2v) is 9.53. The third kappa shape index (κ3) is 15.3. The van der Waals surface area contributed by atoms with E-state index < -0.39 is 0 Å². The summed E-state index contributed by atoms with van der Waals surface area (Å²) in [6, 6.07) is 0.202. The Hall–Kier alpha value is -1.58. The van der Waals surface area contributed by atoms with Crippen molar-refractivity contribution >= 4 is 11.8 Å². The van der Waals surface area contributed by atoms with Crippen LogP contribution in [-0.4, -0.2) is 23.9 Å². The van der Waals surface area contributed by atoms with Gasteiger partial charge >= 0.3 is 0 Å². The molecule has 1 rings (SSSR count). The highest BCUT2D eigenvalue weighted by molar-refractivity contribution is 5.77. The Bertz CT molecular complexity index is 472. The smallest absolute Gasteiger partial charge is 0.220 e. The summed E-state index contributed by atoms with van der Waals surface area (Å²) >= 11 is 0. The predicted molar refractivity (Wildman–Crippen MR) is 137 cm³/mol. The fraction of sp³-hybridized carbons (Fsp3) is 0.786. The molecule has 4 nitrogen and oxygen atoms in total. The largest absolute Gasteiger partial charge is 0.351 e. The molecule has 0 heterocycles. The van der Waals surface area contributed by atoms with Gasteiger partial charge in [-0.1, -0.05) is 76.4 Å². The van der Waals surface area contributed by atoms with Gasteiger partial charge in [-0.15, -0.1) is 13.2 Å². The second kappa shape index (κ2) is 20.1. The van der Waals surface area contributed by atoms with E-state index in [2.05, 4.69) is 23.8 Å². The molecular formula is C28H50N2O2.